The average molecular weight is 210 g/mol. The first-order valence-corrected chi connectivity index (χ1v) is 7.38. The van der Waals surface area contributed by atoms with Crippen LogP contribution in [0.4, 0.5) is 0 Å². The Labute approximate surface area is 96.8 Å². The highest BCUT2D eigenvalue weighted by Gasteiger charge is 2.18. The topological polar surface area (TPSA) is 0 Å². The van der Waals surface area contributed by atoms with Crippen molar-refractivity contribution in [2.45, 2.75) is 84.5 Å². The first-order chi connectivity index (χ1) is 7.38. The lowest BCUT2D eigenvalue weighted by Crippen LogP contribution is -2.14. The van der Waals surface area contributed by atoms with E-state index in [1.165, 1.54) is 70.6 Å². The molecule has 0 spiro atoms. The maximum absolute atomic E-state index is 2.38. The summed E-state index contributed by atoms with van der Waals surface area (Å²) in [6, 6.07) is 0. The third kappa shape index (κ3) is 5.04. The van der Waals surface area contributed by atoms with Crippen LogP contribution < -0.4 is 0 Å². The van der Waals surface area contributed by atoms with E-state index in [2.05, 4.69) is 13.8 Å². The zero-order valence-electron chi connectivity index (χ0n) is 10.9. The lowest BCUT2D eigenvalue weighted by molar-refractivity contribution is 0.258. The van der Waals surface area contributed by atoms with Crippen LogP contribution in [0.5, 0.6) is 0 Å². The zero-order valence-corrected chi connectivity index (χ0v) is 10.9. The molecule has 0 radical (unpaired) electrons. The smallest absolute Gasteiger partial charge is 0.0386 e. The van der Waals surface area contributed by atoms with Crippen molar-refractivity contribution in [1.82, 2.24) is 0 Å². The van der Waals surface area contributed by atoms with Gasteiger partial charge in [0.15, 0.2) is 0 Å². The van der Waals surface area contributed by atoms with Crippen LogP contribution in [0.25, 0.3) is 0 Å². The molecule has 0 unspecified atom stereocenters. The van der Waals surface area contributed by atoms with Crippen molar-refractivity contribution < 1.29 is 0 Å². The van der Waals surface area contributed by atoms with Gasteiger partial charge in [0, 0.05) is 0 Å². The quantitative estimate of drug-likeness (QED) is 0.572. The molecule has 15 heavy (non-hydrogen) atoms. The van der Waals surface area contributed by atoms with Gasteiger partial charge in [-0.2, -0.15) is 0 Å². The minimum atomic E-state index is 1.02. The van der Waals surface area contributed by atoms with Gasteiger partial charge in [0.05, 0.1) is 0 Å². The Morgan fingerprint density at radius 1 is 0.733 bits per heavy atom. The van der Waals surface area contributed by atoms with Crippen LogP contribution in [0.15, 0.2) is 0 Å². The Hall–Kier alpha value is 0. The highest BCUT2D eigenvalue weighted by atomic mass is 14.2. The standard InChI is InChI=1S/C15H30/c1-3-14(4-2)15-12-10-8-6-5-7-9-11-13-15/h14-15H,3-13H2,1-2H3. The molecule has 1 aliphatic rings. The lowest BCUT2D eigenvalue weighted by atomic mass is 9.80. The van der Waals surface area contributed by atoms with E-state index in [1.807, 2.05) is 0 Å². The molecule has 1 aliphatic carbocycles. The van der Waals surface area contributed by atoms with E-state index in [-0.39, 0.29) is 0 Å². The summed E-state index contributed by atoms with van der Waals surface area (Å²) in [5, 5.41) is 0. The van der Waals surface area contributed by atoms with Crippen molar-refractivity contribution in [3.8, 4) is 0 Å². The summed E-state index contributed by atoms with van der Waals surface area (Å²) in [6.07, 6.45) is 16.3. The minimum absolute atomic E-state index is 1.02. The number of rotatable bonds is 3. The largest absolute Gasteiger partial charge is 0.0651 e. The first kappa shape index (κ1) is 13.1. The maximum atomic E-state index is 2.38. The molecule has 0 N–H and O–H groups in total. The summed E-state index contributed by atoms with van der Waals surface area (Å²) in [5.74, 6) is 2.07. The fourth-order valence-corrected chi connectivity index (χ4v) is 3.27. The van der Waals surface area contributed by atoms with E-state index >= 15 is 0 Å². The molecule has 0 aromatic heterocycles. The van der Waals surface area contributed by atoms with Crippen molar-refractivity contribution >= 4 is 0 Å². The van der Waals surface area contributed by atoms with Crippen molar-refractivity contribution in [1.29, 1.82) is 0 Å². The SMILES string of the molecule is CCC(CC)C1CCCCCCCCC1. The maximum Gasteiger partial charge on any atom is -0.0386 e. The van der Waals surface area contributed by atoms with Crippen LogP contribution in [-0.2, 0) is 0 Å². The molecule has 0 amide bonds. The zero-order chi connectivity index (χ0) is 10.9. The molecule has 1 saturated carbocycles. The molecule has 90 valence electrons. The average Bonchev–Trinajstić information content (AvgIpc) is 2.28. The molecule has 1 fully saturated rings. The van der Waals surface area contributed by atoms with E-state index in [4.69, 9.17) is 0 Å². The molecule has 0 aliphatic heterocycles. The lowest BCUT2D eigenvalue weighted by Gasteiger charge is -2.26. The third-order valence-electron chi connectivity index (χ3n) is 4.37. The minimum Gasteiger partial charge on any atom is -0.0651 e. The second-order valence-electron chi connectivity index (χ2n) is 5.39. The van der Waals surface area contributed by atoms with Crippen LogP contribution in [-0.4, -0.2) is 0 Å². The molecule has 0 heteroatoms. The molecule has 0 bridgehead atoms. The van der Waals surface area contributed by atoms with Crippen molar-refractivity contribution in [3.63, 3.8) is 0 Å². The van der Waals surface area contributed by atoms with Crippen molar-refractivity contribution in [3.05, 3.63) is 0 Å². The molecule has 0 nitrogen and oxygen atoms in total. The molecular formula is C15H30. The van der Waals surface area contributed by atoms with Crippen molar-refractivity contribution in [2.75, 3.05) is 0 Å². The Morgan fingerprint density at radius 2 is 1.13 bits per heavy atom. The van der Waals surface area contributed by atoms with Crippen LogP contribution >= 0.6 is 0 Å². The van der Waals surface area contributed by atoms with Gasteiger partial charge in [-0.3, -0.25) is 0 Å². The monoisotopic (exact) mass is 210 g/mol. The van der Waals surface area contributed by atoms with E-state index < -0.39 is 0 Å². The second-order valence-corrected chi connectivity index (χ2v) is 5.39. The summed E-state index contributed by atoms with van der Waals surface area (Å²) in [6.45, 7) is 4.76. The van der Waals surface area contributed by atoms with Crippen molar-refractivity contribution in [2.24, 2.45) is 11.8 Å². The van der Waals surface area contributed by atoms with E-state index in [0.29, 0.717) is 0 Å². The Bertz CT molecular complexity index is 125. The van der Waals surface area contributed by atoms with Crippen LogP contribution in [0.1, 0.15) is 84.5 Å². The number of hydrogen-bond donors (Lipinski definition) is 0. The summed E-state index contributed by atoms with van der Waals surface area (Å²) in [4.78, 5) is 0. The van der Waals surface area contributed by atoms with E-state index in [9.17, 15) is 0 Å². The van der Waals surface area contributed by atoms with Gasteiger partial charge in [-0.25, -0.2) is 0 Å². The highest BCUT2D eigenvalue weighted by molar-refractivity contribution is 4.69. The normalized spacial score (nSPS) is 21.8. The Balaban J connectivity index is 2.36. The third-order valence-corrected chi connectivity index (χ3v) is 4.37. The van der Waals surface area contributed by atoms with E-state index in [1.54, 1.807) is 0 Å². The van der Waals surface area contributed by atoms with Crippen LogP contribution in [0, 0.1) is 11.8 Å². The second kappa shape index (κ2) is 8.19. The summed E-state index contributed by atoms with van der Waals surface area (Å²) >= 11 is 0. The fourth-order valence-electron chi connectivity index (χ4n) is 3.27. The van der Waals surface area contributed by atoms with Gasteiger partial charge in [0.25, 0.3) is 0 Å². The predicted octanol–water partition coefficient (Wildman–Crippen LogP) is 5.56. The first-order valence-electron chi connectivity index (χ1n) is 7.38. The summed E-state index contributed by atoms with van der Waals surface area (Å²) in [7, 11) is 0. The van der Waals surface area contributed by atoms with Gasteiger partial charge in [-0.15, -0.1) is 0 Å². The molecule has 0 saturated heterocycles. The molecule has 0 atom stereocenters. The predicted molar refractivity (Wildman–Crippen MR) is 69.1 cm³/mol. The van der Waals surface area contributed by atoms with Gasteiger partial charge < -0.3 is 0 Å². The molecule has 1 rings (SSSR count). The van der Waals surface area contributed by atoms with Crippen LogP contribution in [0.2, 0.25) is 0 Å². The van der Waals surface area contributed by atoms with Gasteiger partial charge >= 0.3 is 0 Å². The van der Waals surface area contributed by atoms with Gasteiger partial charge in [-0.05, 0) is 11.8 Å². The van der Waals surface area contributed by atoms with Crippen LogP contribution in [0.3, 0.4) is 0 Å². The summed E-state index contributed by atoms with van der Waals surface area (Å²) < 4.78 is 0. The molecule has 0 aromatic rings. The van der Waals surface area contributed by atoms with E-state index in [0.717, 1.165) is 11.8 Å². The molecular weight excluding hydrogens is 180 g/mol. The molecule has 0 aromatic carbocycles. The Morgan fingerprint density at radius 3 is 1.53 bits per heavy atom. The summed E-state index contributed by atoms with van der Waals surface area (Å²) in [5.41, 5.74) is 0. The number of hydrogen-bond acceptors (Lipinski definition) is 0. The fraction of sp³-hybridized carbons (Fsp3) is 1.00. The Kier molecular flexibility index (Phi) is 7.13. The highest BCUT2D eigenvalue weighted by Crippen LogP contribution is 2.30. The molecule has 0 heterocycles. The van der Waals surface area contributed by atoms with Gasteiger partial charge in [-0.1, -0.05) is 84.5 Å². The van der Waals surface area contributed by atoms with Gasteiger partial charge in [0.2, 0.25) is 0 Å². The van der Waals surface area contributed by atoms with Gasteiger partial charge in [0.1, 0.15) is 0 Å².